The Morgan fingerprint density at radius 3 is 2.28 bits per heavy atom. The van der Waals surface area contributed by atoms with Crippen LogP contribution in [0.3, 0.4) is 0 Å². The lowest BCUT2D eigenvalue weighted by molar-refractivity contribution is 0.204. The summed E-state index contributed by atoms with van der Waals surface area (Å²) < 4.78 is 8.10. The maximum Gasteiger partial charge on any atom is 0.143 e. The van der Waals surface area contributed by atoms with E-state index in [2.05, 4.69) is 55.7 Å². The molecule has 4 heteroatoms. The number of aliphatic hydroxyl groups is 1. The van der Waals surface area contributed by atoms with Crippen LogP contribution in [0.5, 0.6) is 5.75 Å². The van der Waals surface area contributed by atoms with Crippen LogP contribution in [0.1, 0.15) is 56.7 Å². The number of hydrogen-bond acceptors (Lipinski definition) is 3. The molecule has 1 atom stereocenters. The molecule has 0 spiro atoms. The van der Waals surface area contributed by atoms with Gasteiger partial charge in [-0.1, -0.05) is 75.4 Å². The number of benzene rings is 3. The smallest absolute Gasteiger partial charge is 0.143 e. The van der Waals surface area contributed by atoms with Gasteiger partial charge in [-0.3, -0.25) is 0 Å². The molecule has 4 nitrogen and oxygen atoms in total. The molecule has 1 aromatic heterocycles. The molecule has 0 radical (unpaired) electrons. The van der Waals surface area contributed by atoms with Gasteiger partial charge in [0.2, 0.25) is 0 Å². The molecule has 0 saturated carbocycles. The van der Waals surface area contributed by atoms with Crippen LogP contribution in [0.2, 0.25) is 0 Å². The fourth-order valence-corrected chi connectivity index (χ4v) is 3.94. The first-order valence-corrected chi connectivity index (χ1v) is 11.3. The second-order valence-corrected chi connectivity index (χ2v) is 9.25. The number of aliphatic hydroxyl groups excluding tert-OH is 1. The second kappa shape index (κ2) is 9.58. The molecule has 4 aromatic rings. The van der Waals surface area contributed by atoms with E-state index in [0.717, 1.165) is 41.7 Å². The summed E-state index contributed by atoms with van der Waals surface area (Å²) in [5.74, 6) is 1.60. The Morgan fingerprint density at radius 1 is 0.875 bits per heavy atom. The molecular weight excluding hydrogens is 396 g/mol. The van der Waals surface area contributed by atoms with Gasteiger partial charge in [0.15, 0.2) is 0 Å². The average molecular weight is 429 g/mol. The standard InChI is InChI=1S/C28H32N2O2/c1-28(2,3)22-15-17-23(18-16-22)32-20-10-9-19-30-25-14-8-7-13-24(25)29-27(30)26(31)21-11-5-4-6-12-21/h4-8,11-18,26,31H,9-10,19-20H2,1-3H3. The van der Waals surface area contributed by atoms with Gasteiger partial charge in [0.25, 0.3) is 0 Å². The van der Waals surface area contributed by atoms with Gasteiger partial charge in [-0.25, -0.2) is 4.98 Å². The van der Waals surface area contributed by atoms with Crippen LogP contribution in [-0.2, 0) is 12.0 Å². The Hall–Kier alpha value is -3.11. The number of rotatable bonds is 8. The summed E-state index contributed by atoms with van der Waals surface area (Å²) >= 11 is 0. The molecule has 0 aliphatic heterocycles. The van der Waals surface area contributed by atoms with E-state index in [-0.39, 0.29) is 5.41 Å². The highest BCUT2D eigenvalue weighted by molar-refractivity contribution is 5.76. The molecule has 1 unspecified atom stereocenters. The zero-order valence-electron chi connectivity index (χ0n) is 19.2. The number of imidazole rings is 1. The molecular formula is C28H32N2O2. The minimum Gasteiger partial charge on any atom is -0.494 e. The third-order valence-electron chi connectivity index (χ3n) is 5.81. The molecule has 0 fully saturated rings. The molecule has 4 rings (SSSR count). The molecule has 32 heavy (non-hydrogen) atoms. The molecule has 0 amide bonds. The summed E-state index contributed by atoms with van der Waals surface area (Å²) in [6, 6.07) is 26.2. The molecule has 1 heterocycles. The fourth-order valence-electron chi connectivity index (χ4n) is 3.94. The minimum absolute atomic E-state index is 0.147. The first-order valence-electron chi connectivity index (χ1n) is 11.3. The van der Waals surface area contributed by atoms with E-state index in [9.17, 15) is 5.11 Å². The van der Waals surface area contributed by atoms with E-state index in [4.69, 9.17) is 9.72 Å². The third-order valence-corrected chi connectivity index (χ3v) is 5.81. The monoisotopic (exact) mass is 428 g/mol. The molecule has 0 bridgehead atoms. The van der Waals surface area contributed by atoms with Crippen molar-refractivity contribution in [2.75, 3.05) is 6.61 Å². The van der Waals surface area contributed by atoms with Gasteiger partial charge < -0.3 is 14.4 Å². The predicted molar refractivity (Wildman–Crippen MR) is 130 cm³/mol. The van der Waals surface area contributed by atoms with Crippen molar-refractivity contribution in [3.05, 3.63) is 95.8 Å². The Bertz CT molecular complexity index is 1140. The third kappa shape index (κ3) is 5.03. The highest BCUT2D eigenvalue weighted by Crippen LogP contribution is 2.27. The maximum atomic E-state index is 11.0. The SMILES string of the molecule is CC(C)(C)c1ccc(OCCCCn2c(C(O)c3ccccc3)nc3ccccc32)cc1. The van der Waals surface area contributed by atoms with E-state index < -0.39 is 6.10 Å². The summed E-state index contributed by atoms with van der Waals surface area (Å²) in [6.07, 6.45) is 1.12. The number of aromatic nitrogens is 2. The number of para-hydroxylation sites is 2. The van der Waals surface area contributed by atoms with Gasteiger partial charge in [-0.15, -0.1) is 0 Å². The van der Waals surface area contributed by atoms with Crippen LogP contribution in [0.15, 0.2) is 78.9 Å². The molecule has 3 aromatic carbocycles. The number of hydrogen-bond donors (Lipinski definition) is 1. The largest absolute Gasteiger partial charge is 0.494 e. The van der Waals surface area contributed by atoms with E-state index in [1.807, 2.05) is 48.5 Å². The van der Waals surface area contributed by atoms with Gasteiger partial charge in [-0.2, -0.15) is 0 Å². The molecule has 1 N–H and O–H groups in total. The molecule has 0 aliphatic carbocycles. The van der Waals surface area contributed by atoms with E-state index >= 15 is 0 Å². The average Bonchev–Trinajstić information content (AvgIpc) is 3.17. The van der Waals surface area contributed by atoms with Crippen LogP contribution in [0, 0.1) is 0 Å². The number of fused-ring (bicyclic) bond motifs is 1. The Kier molecular flexibility index (Phi) is 6.61. The van der Waals surface area contributed by atoms with E-state index in [1.54, 1.807) is 0 Å². The van der Waals surface area contributed by atoms with Crippen LogP contribution in [-0.4, -0.2) is 21.3 Å². The van der Waals surface area contributed by atoms with E-state index in [0.29, 0.717) is 12.4 Å². The van der Waals surface area contributed by atoms with Gasteiger partial charge in [0.05, 0.1) is 17.6 Å². The predicted octanol–water partition coefficient (Wildman–Crippen LogP) is 6.27. The lowest BCUT2D eigenvalue weighted by Crippen LogP contribution is -2.11. The zero-order chi connectivity index (χ0) is 22.6. The van der Waals surface area contributed by atoms with Crippen molar-refractivity contribution in [2.24, 2.45) is 0 Å². The van der Waals surface area contributed by atoms with Gasteiger partial charge >= 0.3 is 0 Å². The number of nitrogens with zero attached hydrogens (tertiary/aromatic N) is 2. The van der Waals surface area contributed by atoms with Crippen LogP contribution in [0.4, 0.5) is 0 Å². The minimum atomic E-state index is -0.749. The Morgan fingerprint density at radius 2 is 1.56 bits per heavy atom. The number of unbranched alkanes of at least 4 members (excludes halogenated alkanes) is 1. The summed E-state index contributed by atoms with van der Waals surface area (Å²) in [7, 11) is 0. The van der Waals surface area contributed by atoms with Gasteiger partial charge in [-0.05, 0) is 53.6 Å². The van der Waals surface area contributed by atoms with Gasteiger partial charge in [0, 0.05) is 6.54 Å². The summed E-state index contributed by atoms with van der Waals surface area (Å²) in [5, 5.41) is 11.0. The Balaban J connectivity index is 1.40. The van der Waals surface area contributed by atoms with Crippen LogP contribution >= 0.6 is 0 Å². The fraction of sp³-hybridized carbons (Fsp3) is 0.321. The number of ether oxygens (including phenoxy) is 1. The maximum absolute atomic E-state index is 11.0. The molecule has 0 aliphatic rings. The Labute approximate surface area is 190 Å². The van der Waals surface area contributed by atoms with Crippen molar-refractivity contribution in [3.8, 4) is 5.75 Å². The van der Waals surface area contributed by atoms with Crippen molar-refractivity contribution >= 4 is 11.0 Å². The highest BCUT2D eigenvalue weighted by Gasteiger charge is 2.19. The van der Waals surface area contributed by atoms with Crippen molar-refractivity contribution < 1.29 is 9.84 Å². The lowest BCUT2D eigenvalue weighted by Gasteiger charge is -2.19. The van der Waals surface area contributed by atoms with E-state index in [1.165, 1.54) is 5.56 Å². The highest BCUT2D eigenvalue weighted by atomic mass is 16.5. The topological polar surface area (TPSA) is 47.3 Å². The normalized spacial score (nSPS) is 12.8. The number of aryl methyl sites for hydroxylation is 1. The summed E-state index contributed by atoms with van der Waals surface area (Å²) in [5.41, 5.74) is 4.27. The van der Waals surface area contributed by atoms with Crippen molar-refractivity contribution in [2.45, 2.75) is 51.7 Å². The lowest BCUT2D eigenvalue weighted by atomic mass is 9.87. The van der Waals surface area contributed by atoms with Gasteiger partial charge in [0.1, 0.15) is 17.7 Å². The van der Waals surface area contributed by atoms with Crippen LogP contribution in [0.25, 0.3) is 11.0 Å². The second-order valence-electron chi connectivity index (χ2n) is 9.25. The molecule has 166 valence electrons. The zero-order valence-corrected chi connectivity index (χ0v) is 19.2. The first kappa shape index (κ1) is 22.1. The quantitative estimate of drug-likeness (QED) is 0.336. The van der Waals surface area contributed by atoms with Crippen LogP contribution < -0.4 is 4.74 Å². The first-order chi connectivity index (χ1) is 15.4. The molecule has 0 saturated heterocycles. The van der Waals surface area contributed by atoms with Crippen molar-refractivity contribution in [1.29, 1.82) is 0 Å². The summed E-state index contributed by atoms with van der Waals surface area (Å²) in [6.45, 7) is 8.09. The summed E-state index contributed by atoms with van der Waals surface area (Å²) in [4.78, 5) is 4.75. The van der Waals surface area contributed by atoms with Crippen molar-refractivity contribution in [1.82, 2.24) is 9.55 Å². The van der Waals surface area contributed by atoms with Crippen molar-refractivity contribution in [3.63, 3.8) is 0 Å².